The van der Waals surface area contributed by atoms with Crippen LogP contribution in [0.3, 0.4) is 0 Å². The molecular formula is C28H24Ag2N6O12. The summed E-state index contributed by atoms with van der Waals surface area (Å²) < 4.78 is 9.17. The van der Waals surface area contributed by atoms with E-state index in [1.165, 1.54) is 14.2 Å². The van der Waals surface area contributed by atoms with Gasteiger partial charge in [-0.2, -0.15) is 0 Å². The third kappa shape index (κ3) is 18.5. The van der Waals surface area contributed by atoms with Crippen LogP contribution in [-0.4, -0.2) is 58.1 Å². The Hall–Kier alpha value is -5.50. The fourth-order valence-electron chi connectivity index (χ4n) is 3.03. The van der Waals surface area contributed by atoms with Crippen molar-refractivity contribution in [2.45, 2.75) is 0 Å². The summed E-state index contributed by atoms with van der Waals surface area (Å²) in [4.78, 5) is 70.6. The molecule has 0 aliphatic carbocycles. The van der Waals surface area contributed by atoms with Gasteiger partial charge in [-0.3, -0.25) is 19.6 Å². The topological polar surface area (TPSA) is 269 Å². The molecule has 0 aliphatic heterocycles. The molecule has 0 bridgehead atoms. The van der Waals surface area contributed by atoms with Crippen molar-refractivity contribution < 1.29 is 83.6 Å². The van der Waals surface area contributed by atoms with Gasteiger partial charge in [0.05, 0.1) is 59.3 Å². The van der Waals surface area contributed by atoms with Crippen molar-refractivity contribution in [3.05, 3.63) is 150 Å². The van der Waals surface area contributed by atoms with Crippen molar-refractivity contribution in [2.24, 2.45) is 0 Å². The number of methoxy groups -OCH3 is 2. The van der Waals surface area contributed by atoms with Gasteiger partial charge in [-0.05, 0) is 72.8 Å². The van der Waals surface area contributed by atoms with Crippen LogP contribution < -0.4 is 10.6 Å². The van der Waals surface area contributed by atoms with E-state index in [1.807, 2.05) is 0 Å². The second kappa shape index (κ2) is 24.7. The van der Waals surface area contributed by atoms with Crippen LogP contribution >= 0.6 is 0 Å². The van der Waals surface area contributed by atoms with Gasteiger partial charge in [0.25, 0.3) is 11.8 Å². The molecular weight excluding hydrogens is 828 g/mol. The zero-order valence-electron chi connectivity index (χ0n) is 24.5. The van der Waals surface area contributed by atoms with E-state index in [-0.39, 0.29) is 56.6 Å². The standard InChI is InChI=1S/2C14H12N2O3.2Ag.2NO3/c2*1-19-14(18)11-6-4-10(5-7-11)13(17)16-12-3-2-8-15-9-12;;;2*2-1(3)4/h2*2-9H,1H3,(H,16,17);;;;/q;;2*+1;2*-1. The summed E-state index contributed by atoms with van der Waals surface area (Å²) >= 11 is 0. The molecule has 0 spiro atoms. The Morgan fingerprint density at radius 2 is 0.833 bits per heavy atom. The van der Waals surface area contributed by atoms with Crippen LogP contribution in [0.2, 0.25) is 0 Å². The van der Waals surface area contributed by atoms with Gasteiger partial charge in [0.15, 0.2) is 0 Å². The van der Waals surface area contributed by atoms with Crippen molar-refractivity contribution in [3.8, 4) is 0 Å². The fraction of sp³-hybridized carbons (Fsp3) is 0.0714. The molecule has 20 heteroatoms. The number of carbonyl (C=O) groups excluding carboxylic acids is 4. The summed E-state index contributed by atoms with van der Waals surface area (Å²) in [5.74, 6) is -1.38. The zero-order chi connectivity index (χ0) is 34.5. The summed E-state index contributed by atoms with van der Waals surface area (Å²) in [5, 5.41) is 34.9. The first-order valence-corrected chi connectivity index (χ1v) is 12.3. The number of nitrogens with one attached hydrogen (secondary N) is 2. The largest absolute Gasteiger partial charge is 1.00 e. The zero-order valence-corrected chi connectivity index (χ0v) is 27.5. The summed E-state index contributed by atoms with van der Waals surface area (Å²) in [7, 11) is 2.62. The molecule has 2 N–H and O–H groups in total. The molecule has 260 valence electrons. The van der Waals surface area contributed by atoms with Crippen molar-refractivity contribution >= 4 is 35.1 Å². The Kier molecular flexibility index (Phi) is 23.0. The van der Waals surface area contributed by atoms with Crippen LogP contribution in [0, 0.1) is 30.6 Å². The number of hydrogen-bond donors (Lipinski definition) is 2. The average Bonchev–Trinajstić information content (AvgIpc) is 3.05. The minimum atomic E-state index is -1.75. The van der Waals surface area contributed by atoms with E-state index in [9.17, 15) is 19.2 Å². The predicted molar refractivity (Wildman–Crippen MR) is 161 cm³/mol. The maximum absolute atomic E-state index is 11.9. The van der Waals surface area contributed by atoms with E-state index in [0.29, 0.717) is 33.6 Å². The Morgan fingerprint density at radius 3 is 1.06 bits per heavy atom. The molecule has 2 aromatic carbocycles. The smallest absolute Gasteiger partial charge is 0.465 e. The van der Waals surface area contributed by atoms with Gasteiger partial charge in [0, 0.05) is 23.5 Å². The summed E-state index contributed by atoms with van der Waals surface area (Å²) in [6, 6.07) is 19.4. The number of ether oxygens (including phenoxy) is 2. The van der Waals surface area contributed by atoms with Gasteiger partial charge in [0.2, 0.25) is 0 Å². The third-order valence-corrected chi connectivity index (χ3v) is 4.98. The average molecular weight is 852 g/mol. The molecule has 4 aromatic rings. The maximum Gasteiger partial charge on any atom is 1.00 e. The van der Waals surface area contributed by atoms with E-state index >= 15 is 0 Å². The first-order valence-electron chi connectivity index (χ1n) is 12.3. The van der Waals surface area contributed by atoms with Gasteiger partial charge in [-0.15, -0.1) is 0 Å². The van der Waals surface area contributed by atoms with Crippen LogP contribution in [0.25, 0.3) is 0 Å². The number of rotatable bonds is 6. The number of benzene rings is 2. The molecule has 18 nitrogen and oxygen atoms in total. The SMILES string of the molecule is COC(=O)c1ccc(C(=O)Nc2cccnc2)cc1.COC(=O)c1ccc(C(=O)Nc2cccnc2)cc1.O=[N+]([O-])[O-].O=[N+]([O-])[O-].[Ag+].[Ag+]. The van der Waals surface area contributed by atoms with Gasteiger partial charge < -0.3 is 50.8 Å². The van der Waals surface area contributed by atoms with Crippen molar-refractivity contribution in [1.29, 1.82) is 0 Å². The van der Waals surface area contributed by atoms with Gasteiger partial charge in [0.1, 0.15) is 0 Å². The van der Waals surface area contributed by atoms with E-state index in [0.717, 1.165) is 0 Å². The Morgan fingerprint density at radius 1 is 0.562 bits per heavy atom. The summed E-state index contributed by atoms with van der Waals surface area (Å²) in [6.07, 6.45) is 6.36. The van der Waals surface area contributed by atoms with Crippen LogP contribution in [0.1, 0.15) is 41.4 Å². The number of esters is 2. The van der Waals surface area contributed by atoms with Crippen molar-refractivity contribution in [1.82, 2.24) is 9.97 Å². The van der Waals surface area contributed by atoms with Crippen molar-refractivity contribution in [2.75, 3.05) is 24.9 Å². The molecule has 2 heterocycles. The molecule has 0 aliphatic rings. The van der Waals surface area contributed by atoms with Gasteiger partial charge in [-0.25, -0.2) is 9.59 Å². The molecule has 4 rings (SSSR count). The monoisotopic (exact) mass is 850 g/mol. The quantitative estimate of drug-likeness (QED) is 0.121. The van der Waals surface area contributed by atoms with Crippen LogP contribution in [0.4, 0.5) is 11.4 Å². The second-order valence-electron chi connectivity index (χ2n) is 7.98. The molecule has 2 aromatic heterocycles. The van der Waals surface area contributed by atoms with E-state index < -0.39 is 22.1 Å². The van der Waals surface area contributed by atoms with Gasteiger partial charge >= 0.3 is 56.7 Å². The maximum atomic E-state index is 11.9. The van der Waals surface area contributed by atoms with Crippen LogP contribution in [0.15, 0.2) is 97.6 Å². The van der Waals surface area contributed by atoms with E-state index in [1.54, 1.807) is 97.6 Å². The number of hydrogen-bond acceptors (Lipinski definition) is 14. The fourth-order valence-corrected chi connectivity index (χ4v) is 3.03. The number of nitrogens with zero attached hydrogens (tertiary/aromatic N) is 4. The third-order valence-electron chi connectivity index (χ3n) is 4.98. The number of pyridine rings is 2. The number of anilines is 2. The van der Waals surface area contributed by atoms with Crippen LogP contribution in [-0.2, 0) is 54.2 Å². The molecule has 48 heavy (non-hydrogen) atoms. The first kappa shape index (κ1) is 44.6. The van der Waals surface area contributed by atoms with Crippen LogP contribution in [0.5, 0.6) is 0 Å². The van der Waals surface area contributed by atoms with E-state index in [2.05, 4.69) is 30.1 Å². The summed E-state index contributed by atoms with van der Waals surface area (Å²) in [5.41, 5.74) is 2.95. The molecule has 0 fully saturated rings. The molecule has 0 saturated carbocycles. The second-order valence-corrected chi connectivity index (χ2v) is 7.98. The molecule has 0 atom stereocenters. The molecule has 0 unspecified atom stereocenters. The number of aromatic nitrogens is 2. The number of amides is 2. The predicted octanol–water partition coefficient (Wildman–Crippen LogP) is 3.76. The minimum Gasteiger partial charge on any atom is -0.465 e. The van der Waals surface area contributed by atoms with Crippen molar-refractivity contribution in [3.63, 3.8) is 0 Å². The minimum absolute atomic E-state index is 0. The van der Waals surface area contributed by atoms with E-state index in [4.69, 9.17) is 30.6 Å². The Balaban J connectivity index is 0. The normalized spacial score (nSPS) is 8.71. The number of carbonyl (C=O) groups is 4. The summed E-state index contributed by atoms with van der Waals surface area (Å²) in [6.45, 7) is 0. The molecule has 0 saturated heterocycles. The first-order chi connectivity index (χ1) is 21.9. The molecule has 0 radical (unpaired) electrons. The Bertz CT molecular complexity index is 1470. The van der Waals surface area contributed by atoms with Gasteiger partial charge in [-0.1, -0.05) is 0 Å². The molecule has 2 amide bonds. The Labute approximate surface area is 302 Å².